The maximum Gasteiger partial charge on any atom is 0.322 e. The van der Waals surface area contributed by atoms with E-state index in [9.17, 15) is 4.79 Å². The Morgan fingerprint density at radius 3 is 2.40 bits per heavy atom. The van der Waals surface area contributed by atoms with Gasteiger partial charge in [0.1, 0.15) is 0 Å². The predicted molar refractivity (Wildman–Crippen MR) is 118 cm³/mol. The van der Waals surface area contributed by atoms with Crippen LogP contribution in [0.15, 0.2) is 66.7 Å². The van der Waals surface area contributed by atoms with Gasteiger partial charge in [-0.25, -0.2) is 4.79 Å². The van der Waals surface area contributed by atoms with Crippen LogP contribution < -0.4 is 14.8 Å². The zero-order valence-electron chi connectivity index (χ0n) is 17.5. The molecule has 3 aromatic carbocycles. The Kier molecular flexibility index (Phi) is 5.61. The van der Waals surface area contributed by atoms with E-state index in [2.05, 4.69) is 17.4 Å². The van der Waals surface area contributed by atoms with Gasteiger partial charge in [-0.05, 0) is 59.9 Å². The number of nitrogens with one attached hydrogen (secondary N) is 1. The maximum atomic E-state index is 13.3. The van der Waals surface area contributed by atoms with Crippen LogP contribution in [0, 0.1) is 6.92 Å². The third-order valence-electron chi connectivity index (χ3n) is 5.52. The molecular weight excluding hydrogens is 376 g/mol. The highest BCUT2D eigenvalue weighted by molar-refractivity contribution is 5.90. The average molecular weight is 402 g/mol. The molecule has 0 saturated carbocycles. The molecule has 0 saturated heterocycles. The van der Waals surface area contributed by atoms with Crippen molar-refractivity contribution in [3.8, 4) is 11.5 Å². The van der Waals surface area contributed by atoms with E-state index in [1.54, 1.807) is 14.2 Å². The van der Waals surface area contributed by atoms with E-state index >= 15 is 0 Å². The van der Waals surface area contributed by atoms with Gasteiger partial charge < -0.3 is 19.7 Å². The maximum absolute atomic E-state index is 13.3. The number of hydrogen-bond acceptors (Lipinski definition) is 3. The van der Waals surface area contributed by atoms with Crippen molar-refractivity contribution in [2.45, 2.75) is 19.4 Å². The lowest BCUT2D eigenvalue weighted by atomic mass is 9.88. The normalized spacial score (nSPS) is 15.3. The highest BCUT2D eigenvalue weighted by Gasteiger charge is 2.33. The molecule has 1 heterocycles. The minimum absolute atomic E-state index is 0.116. The standard InChI is InChI=1S/C25H26N2O3/c1-17-8-7-11-20(14-17)26-25(28)27-13-12-19-15-22(29-2)23(30-3)16-21(19)24(27)18-9-5-4-6-10-18/h4-11,14-16,24H,12-13H2,1-3H3,(H,26,28)/t24-/m0/s1. The van der Waals surface area contributed by atoms with Crippen LogP contribution in [-0.4, -0.2) is 31.7 Å². The summed E-state index contributed by atoms with van der Waals surface area (Å²) in [5.74, 6) is 1.37. The summed E-state index contributed by atoms with van der Waals surface area (Å²) < 4.78 is 11.0. The number of anilines is 1. The lowest BCUT2D eigenvalue weighted by Gasteiger charge is -2.38. The van der Waals surface area contributed by atoms with Crippen molar-refractivity contribution in [1.82, 2.24) is 4.90 Å². The summed E-state index contributed by atoms with van der Waals surface area (Å²) in [5, 5.41) is 3.07. The number of benzene rings is 3. The van der Waals surface area contributed by atoms with Crippen molar-refractivity contribution >= 4 is 11.7 Å². The molecule has 0 aliphatic carbocycles. The van der Waals surface area contributed by atoms with Crippen LogP contribution in [-0.2, 0) is 6.42 Å². The lowest BCUT2D eigenvalue weighted by Crippen LogP contribution is -2.43. The van der Waals surface area contributed by atoms with Gasteiger partial charge in [0.25, 0.3) is 0 Å². The first kappa shape index (κ1) is 19.8. The van der Waals surface area contributed by atoms with Gasteiger partial charge in [0, 0.05) is 12.2 Å². The molecule has 154 valence electrons. The summed E-state index contributed by atoms with van der Waals surface area (Å²) in [4.78, 5) is 15.2. The molecular formula is C25H26N2O3. The van der Waals surface area contributed by atoms with Gasteiger partial charge in [0.15, 0.2) is 11.5 Å². The number of aryl methyl sites for hydroxylation is 1. The first-order chi connectivity index (χ1) is 14.6. The quantitative estimate of drug-likeness (QED) is 0.653. The molecule has 0 unspecified atom stereocenters. The molecule has 3 aromatic rings. The van der Waals surface area contributed by atoms with Gasteiger partial charge in [0.2, 0.25) is 0 Å². The Labute approximate surface area is 177 Å². The minimum Gasteiger partial charge on any atom is -0.493 e. The molecule has 0 aromatic heterocycles. The molecule has 0 radical (unpaired) electrons. The van der Waals surface area contributed by atoms with Gasteiger partial charge in [-0.2, -0.15) is 0 Å². The second-order valence-electron chi connectivity index (χ2n) is 7.46. The summed E-state index contributed by atoms with van der Waals surface area (Å²) in [7, 11) is 3.27. The van der Waals surface area contributed by atoms with Crippen LogP contribution in [0.2, 0.25) is 0 Å². The number of ether oxygens (including phenoxy) is 2. The molecule has 2 amide bonds. The van der Waals surface area contributed by atoms with Crippen molar-refractivity contribution in [3.63, 3.8) is 0 Å². The summed E-state index contributed by atoms with van der Waals surface area (Å²) >= 11 is 0. The molecule has 1 atom stereocenters. The Bertz CT molecular complexity index is 1050. The van der Waals surface area contributed by atoms with Crippen molar-refractivity contribution < 1.29 is 14.3 Å². The number of fused-ring (bicyclic) bond motifs is 1. The number of methoxy groups -OCH3 is 2. The number of nitrogens with zero attached hydrogens (tertiary/aromatic N) is 1. The molecule has 5 nitrogen and oxygen atoms in total. The highest BCUT2D eigenvalue weighted by Crippen LogP contribution is 2.41. The fourth-order valence-electron chi connectivity index (χ4n) is 4.08. The molecule has 1 aliphatic rings. The Balaban J connectivity index is 1.75. The first-order valence-corrected chi connectivity index (χ1v) is 10.0. The summed E-state index contributed by atoms with van der Waals surface area (Å²) in [5.41, 5.74) is 5.19. The van der Waals surface area contributed by atoms with E-state index in [0.29, 0.717) is 18.0 Å². The van der Waals surface area contributed by atoms with E-state index in [1.165, 1.54) is 5.56 Å². The largest absolute Gasteiger partial charge is 0.493 e. The van der Waals surface area contributed by atoms with Crippen molar-refractivity contribution in [2.24, 2.45) is 0 Å². The number of rotatable bonds is 4. The Hall–Kier alpha value is -3.47. The molecule has 5 heteroatoms. The van der Waals surface area contributed by atoms with Crippen molar-refractivity contribution in [1.29, 1.82) is 0 Å². The number of carbonyl (C=O) groups is 1. The third kappa shape index (κ3) is 3.83. The molecule has 1 N–H and O–H groups in total. The zero-order valence-corrected chi connectivity index (χ0v) is 17.5. The van der Waals surface area contributed by atoms with Gasteiger partial charge in [-0.15, -0.1) is 0 Å². The molecule has 30 heavy (non-hydrogen) atoms. The molecule has 0 fully saturated rings. The Morgan fingerprint density at radius 2 is 1.70 bits per heavy atom. The van der Waals surface area contributed by atoms with Crippen LogP contribution in [0.3, 0.4) is 0 Å². The monoisotopic (exact) mass is 402 g/mol. The van der Waals surface area contributed by atoms with Crippen LogP contribution in [0.1, 0.15) is 28.3 Å². The molecule has 1 aliphatic heterocycles. The van der Waals surface area contributed by atoms with Crippen LogP contribution in [0.4, 0.5) is 10.5 Å². The predicted octanol–water partition coefficient (Wildman–Crippen LogP) is 5.19. The Morgan fingerprint density at radius 1 is 0.967 bits per heavy atom. The molecule has 0 spiro atoms. The summed E-state index contributed by atoms with van der Waals surface area (Å²) in [6.07, 6.45) is 0.750. The van der Waals surface area contributed by atoms with Crippen molar-refractivity contribution in [2.75, 3.05) is 26.1 Å². The third-order valence-corrected chi connectivity index (χ3v) is 5.52. The first-order valence-electron chi connectivity index (χ1n) is 10.0. The molecule has 0 bridgehead atoms. The van der Waals surface area contributed by atoms with Crippen LogP contribution >= 0.6 is 0 Å². The SMILES string of the molecule is COc1cc2c(cc1OC)[C@H](c1ccccc1)N(C(=O)Nc1cccc(C)c1)CC2. The van der Waals surface area contributed by atoms with Gasteiger partial charge in [-0.1, -0.05) is 42.5 Å². The van der Waals surface area contributed by atoms with E-state index in [1.807, 2.05) is 66.4 Å². The number of carbonyl (C=O) groups excluding carboxylic acids is 1. The van der Waals surface area contributed by atoms with E-state index < -0.39 is 0 Å². The number of urea groups is 1. The lowest BCUT2D eigenvalue weighted by molar-refractivity contribution is 0.193. The fourth-order valence-corrected chi connectivity index (χ4v) is 4.08. The van der Waals surface area contributed by atoms with E-state index in [4.69, 9.17) is 9.47 Å². The van der Waals surface area contributed by atoms with Crippen LogP contribution in [0.25, 0.3) is 0 Å². The molecule has 4 rings (SSSR count). The van der Waals surface area contributed by atoms with E-state index in [-0.39, 0.29) is 12.1 Å². The van der Waals surface area contributed by atoms with Gasteiger partial charge in [-0.3, -0.25) is 0 Å². The topological polar surface area (TPSA) is 50.8 Å². The zero-order chi connectivity index (χ0) is 21.1. The average Bonchev–Trinajstić information content (AvgIpc) is 2.77. The number of hydrogen-bond donors (Lipinski definition) is 1. The second-order valence-corrected chi connectivity index (χ2v) is 7.46. The van der Waals surface area contributed by atoms with Gasteiger partial charge in [0.05, 0.1) is 20.3 Å². The minimum atomic E-state index is -0.209. The number of amides is 2. The summed E-state index contributed by atoms with van der Waals surface area (Å²) in [6.45, 7) is 2.62. The van der Waals surface area contributed by atoms with E-state index in [0.717, 1.165) is 28.8 Å². The van der Waals surface area contributed by atoms with Crippen molar-refractivity contribution in [3.05, 3.63) is 89.0 Å². The van der Waals surface area contributed by atoms with Crippen LogP contribution in [0.5, 0.6) is 11.5 Å². The van der Waals surface area contributed by atoms with Gasteiger partial charge >= 0.3 is 6.03 Å². The smallest absolute Gasteiger partial charge is 0.322 e. The fraction of sp³-hybridized carbons (Fsp3) is 0.240. The second kappa shape index (κ2) is 8.49. The summed E-state index contributed by atoms with van der Waals surface area (Å²) in [6, 6.07) is 21.7. The highest BCUT2D eigenvalue weighted by atomic mass is 16.5.